The Labute approximate surface area is 151 Å². The Kier molecular flexibility index (Phi) is 6.27. The van der Waals surface area contributed by atoms with Crippen LogP contribution in [0.1, 0.15) is 52.5 Å². The summed E-state index contributed by atoms with van der Waals surface area (Å²) < 4.78 is 27.3. The van der Waals surface area contributed by atoms with E-state index >= 15 is 0 Å². The lowest BCUT2D eigenvalue weighted by Crippen LogP contribution is -2.40. The van der Waals surface area contributed by atoms with Gasteiger partial charge in [-0.3, -0.25) is 4.79 Å². The largest absolute Gasteiger partial charge is 0.342 e. The van der Waals surface area contributed by atoms with Crippen LogP contribution in [0, 0.1) is 5.92 Å². The molecule has 1 aliphatic rings. The molecule has 1 saturated heterocycles. The van der Waals surface area contributed by atoms with Crippen molar-refractivity contribution in [2.45, 2.75) is 57.3 Å². The molecule has 0 radical (unpaired) electrons. The lowest BCUT2D eigenvalue weighted by Gasteiger charge is -2.31. The molecule has 1 heterocycles. The third-order valence-corrected chi connectivity index (χ3v) is 6.15. The lowest BCUT2D eigenvalue weighted by atomic mass is 9.87. The first-order chi connectivity index (χ1) is 11.6. The maximum atomic E-state index is 12.4. The van der Waals surface area contributed by atoms with Crippen LogP contribution in [-0.2, 0) is 20.2 Å². The van der Waals surface area contributed by atoms with Crippen molar-refractivity contribution in [3.63, 3.8) is 0 Å². The number of carbonyl (C=O) groups is 1. The van der Waals surface area contributed by atoms with Crippen LogP contribution in [-0.4, -0.2) is 38.9 Å². The van der Waals surface area contributed by atoms with E-state index in [0.29, 0.717) is 5.92 Å². The Morgan fingerprint density at radius 1 is 1.24 bits per heavy atom. The number of nitrogens with one attached hydrogen (secondary N) is 1. The Balaban J connectivity index is 1.90. The normalized spacial score (nSPS) is 19.0. The molecule has 140 valence electrons. The van der Waals surface area contributed by atoms with Crippen molar-refractivity contribution >= 4 is 15.9 Å². The van der Waals surface area contributed by atoms with Crippen molar-refractivity contribution in [2.75, 3.05) is 19.6 Å². The standard InChI is InChI=1S/C19H30N2O3S/c1-15-6-5-13-21(14-15)18(22)11-12-20-25(23,24)17-9-7-16(8-10-17)19(2,3)4/h7-10,15,20H,5-6,11-14H2,1-4H3. The molecule has 1 unspecified atom stereocenters. The number of piperidine rings is 1. The van der Waals surface area contributed by atoms with Crippen molar-refractivity contribution in [1.82, 2.24) is 9.62 Å². The van der Waals surface area contributed by atoms with Gasteiger partial charge in [0.05, 0.1) is 4.90 Å². The topological polar surface area (TPSA) is 66.5 Å². The molecule has 1 fully saturated rings. The van der Waals surface area contributed by atoms with Crippen molar-refractivity contribution < 1.29 is 13.2 Å². The molecule has 0 aromatic heterocycles. The molecule has 5 nitrogen and oxygen atoms in total. The fourth-order valence-corrected chi connectivity index (χ4v) is 4.12. The van der Waals surface area contributed by atoms with Gasteiger partial charge < -0.3 is 4.90 Å². The van der Waals surface area contributed by atoms with Crippen LogP contribution in [0.4, 0.5) is 0 Å². The minimum absolute atomic E-state index is 0.0201. The van der Waals surface area contributed by atoms with E-state index in [2.05, 4.69) is 32.4 Å². The summed E-state index contributed by atoms with van der Waals surface area (Å²) in [6.07, 6.45) is 2.38. The van der Waals surface area contributed by atoms with Crippen LogP contribution in [0.25, 0.3) is 0 Å². The second-order valence-corrected chi connectivity index (χ2v) is 9.78. The summed E-state index contributed by atoms with van der Waals surface area (Å²) in [4.78, 5) is 14.3. The smallest absolute Gasteiger partial charge is 0.240 e. The molecule has 0 spiro atoms. The van der Waals surface area contributed by atoms with Crippen LogP contribution in [0.3, 0.4) is 0 Å². The summed E-state index contributed by atoms with van der Waals surface area (Å²) in [7, 11) is -3.58. The first-order valence-electron chi connectivity index (χ1n) is 8.97. The maximum Gasteiger partial charge on any atom is 0.240 e. The van der Waals surface area contributed by atoms with Gasteiger partial charge in [-0.2, -0.15) is 0 Å². The molecule has 1 N–H and O–H groups in total. The molecule has 6 heteroatoms. The molecule has 1 aromatic rings. The second kappa shape index (κ2) is 7.87. The van der Waals surface area contributed by atoms with E-state index in [1.54, 1.807) is 12.1 Å². The number of rotatable bonds is 5. The summed E-state index contributed by atoms with van der Waals surface area (Å²) in [5.41, 5.74) is 1.06. The van der Waals surface area contributed by atoms with Crippen LogP contribution < -0.4 is 4.72 Å². The first kappa shape index (κ1) is 19.9. The van der Waals surface area contributed by atoms with Crippen LogP contribution in [0.5, 0.6) is 0 Å². The van der Waals surface area contributed by atoms with Gasteiger partial charge in [0, 0.05) is 26.1 Å². The fourth-order valence-electron chi connectivity index (χ4n) is 3.08. The van der Waals surface area contributed by atoms with E-state index in [1.807, 2.05) is 17.0 Å². The van der Waals surface area contributed by atoms with E-state index in [0.717, 1.165) is 31.5 Å². The number of carbonyl (C=O) groups excluding carboxylic acids is 1. The van der Waals surface area contributed by atoms with Crippen molar-refractivity contribution in [3.05, 3.63) is 29.8 Å². The average Bonchev–Trinajstić information content (AvgIpc) is 2.54. The third-order valence-electron chi connectivity index (χ3n) is 4.67. The number of nitrogens with zero attached hydrogens (tertiary/aromatic N) is 1. The van der Waals surface area contributed by atoms with Gasteiger partial charge in [-0.15, -0.1) is 0 Å². The predicted molar refractivity (Wildman–Crippen MR) is 99.9 cm³/mol. The summed E-state index contributed by atoms with van der Waals surface area (Å²) in [6, 6.07) is 6.93. The first-order valence-corrected chi connectivity index (χ1v) is 10.5. The Bertz CT molecular complexity index is 690. The number of amides is 1. The van der Waals surface area contributed by atoms with E-state index < -0.39 is 10.0 Å². The molecule has 1 atom stereocenters. The molecule has 2 rings (SSSR count). The second-order valence-electron chi connectivity index (χ2n) is 8.01. The van der Waals surface area contributed by atoms with Crippen molar-refractivity contribution in [3.8, 4) is 0 Å². The highest BCUT2D eigenvalue weighted by Crippen LogP contribution is 2.23. The predicted octanol–water partition coefficient (Wildman–Crippen LogP) is 2.91. The molecule has 0 aliphatic carbocycles. The molecule has 1 amide bonds. The Morgan fingerprint density at radius 2 is 1.88 bits per heavy atom. The Morgan fingerprint density at radius 3 is 2.44 bits per heavy atom. The quantitative estimate of drug-likeness (QED) is 0.871. The molecule has 1 aliphatic heterocycles. The van der Waals surface area contributed by atoms with Gasteiger partial charge in [-0.25, -0.2) is 13.1 Å². The monoisotopic (exact) mass is 366 g/mol. The van der Waals surface area contributed by atoms with Gasteiger partial charge in [-0.05, 0) is 41.9 Å². The van der Waals surface area contributed by atoms with E-state index in [-0.39, 0.29) is 29.2 Å². The lowest BCUT2D eigenvalue weighted by molar-refractivity contribution is -0.132. The Hall–Kier alpha value is -1.40. The van der Waals surface area contributed by atoms with Crippen molar-refractivity contribution in [1.29, 1.82) is 0 Å². The van der Waals surface area contributed by atoms with E-state index in [4.69, 9.17) is 0 Å². The summed E-state index contributed by atoms with van der Waals surface area (Å²) in [6.45, 7) is 10.1. The van der Waals surface area contributed by atoms with Gasteiger partial charge in [0.25, 0.3) is 0 Å². The molecule has 1 aromatic carbocycles. The maximum absolute atomic E-state index is 12.4. The number of benzene rings is 1. The fraction of sp³-hybridized carbons (Fsp3) is 0.632. The number of hydrogen-bond donors (Lipinski definition) is 1. The molecular weight excluding hydrogens is 336 g/mol. The van der Waals surface area contributed by atoms with Gasteiger partial charge in [0.1, 0.15) is 0 Å². The minimum Gasteiger partial charge on any atom is -0.342 e. The average molecular weight is 367 g/mol. The zero-order valence-corrected chi connectivity index (χ0v) is 16.5. The van der Waals surface area contributed by atoms with Crippen LogP contribution >= 0.6 is 0 Å². The number of sulfonamides is 1. The highest BCUT2D eigenvalue weighted by molar-refractivity contribution is 7.89. The van der Waals surface area contributed by atoms with Crippen molar-refractivity contribution in [2.24, 2.45) is 5.92 Å². The van der Waals surface area contributed by atoms with Crippen LogP contribution in [0.2, 0.25) is 0 Å². The molecule has 25 heavy (non-hydrogen) atoms. The van der Waals surface area contributed by atoms with Gasteiger partial charge in [-0.1, -0.05) is 39.8 Å². The number of hydrogen-bond acceptors (Lipinski definition) is 3. The minimum atomic E-state index is -3.58. The third kappa shape index (κ3) is 5.54. The number of likely N-dealkylation sites (tertiary alicyclic amines) is 1. The van der Waals surface area contributed by atoms with Gasteiger partial charge in [0.15, 0.2) is 0 Å². The van der Waals surface area contributed by atoms with Crippen LogP contribution in [0.15, 0.2) is 29.2 Å². The highest BCUT2D eigenvalue weighted by atomic mass is 32.2. The summed E-state index contributed by atoms with van der Waals surface area (Å²) >= 11 is 0. The molecule has 0 saturated carbocycles. The van der Waals surface area contributed by atoms with E-state index in [9.17, 15) is 13.2 Å². The molecule has 0 bridgehead atoms. The SMILES string of the molecule is CC1CCCN(C(=O)CCNS(=O)(=O)c2ccc(C(C)(C)C)cc2)C1. The van der Waals surface area contributed by atoms with Gasteiger partial charge in [0.2, 0.25) is 15.9 Å². The molecular formula is C19H30N2O3S. The zero-order chi connectivity index (χ0) is 18.7. The zero-order valence-electron chi connectivity index (χ0n) is 15.7. The van der Waals surface area contributed by atoms with Gasteiger partial charge >= 0.3 is 0 Å². The van der Waals surface area contributed by atoms with E-state index in [1.165, 1.54) is 0 Å². The summed E-state index contributed by atoms with van der Waals surface area (Å²) in [5.74, 6) is 0.549. The highest BCUT2D eigenvalue weighted by Gasteiger charge is 2.22. The summed E-state index contributed by atoms with van der Waals surface area (Å²) in [5, 5.41) is 0.